The predicted molar refractivity (Wildman–Crippen MR) is 101 cm³/mol. The van der Waals surface area contributed by atoms with Crippen LogP contribution in [0.5, 0.6) is 5.75 Å². The summed E-state index contributed by atoms with van der Waals surface area (Å²) < 4.78 is 6.13. The van der Waals surface area contributed by atoms with Gasteiger partial charge in [0.05, 0.1) is 0 Å². The number of aryl methyl sites for hydroxylation is 1. The zero-order valence-electron chi connectivity index (χ0n) is 15.9. The highest BCUT2D eigenvalue weighted by atomic mass is 16.5. The first-order valence-corrected chi connectivity index (χ1v) is 9.83. The zero-order valence-corrected chi connectivity index (χ0v) is 15.9. The fourth-order valence-corrected chi connectivity index (χ4v) is 4.22. The summed E-state index contributed by atoms with van der Waals surface area (Å²) in [6.07, 6.45) is 5.57. The van der Waals surface area contributed by atoms with Crippen molar-refractivity contribution in [3.63, 3.8) is 0 Å². The van der Waals surface area contributed by atoms with E-state index in [1.807, 2.05) is 23.1 Å². The molecule has 1 N–H and O–H groups in total. The highest BCUT2D eigenvalue weighted by Crippen LogP contribution is 2.32. The molecule has 0 bridgehead atoms. The predicted octanol–water partition coefficient (Wildman–Crippen LogP) is 2.92. The molecule has 1 saturated carbocycles. The lowest BCUT2D eigenvalue weighted by atomic mass is 9.77. The molecular formula is C21H30N2O3. The third-order valence-electron chi connectivity index (χ3n) is 5.81. The van der Waals surface area contributed by atoms with Gasteiger partial charge < -0.3 is 15.0 Å². The number of likely N-dealkylation sites (tertiary alicyclic amines) is 1. The van der Waals surface area contributed by atoms with E-state index in [0.717, 1.165) is 49.8 Å². The Morgan fingerprint density at radius 2 is 1.69 bits per heavy atom. The van der Waals surface area contributed by atoms with Crippen LogP contribution in [0.15, 0.2) is 24.3 Å². The van der Waals surface area contributed by atoms with Gasteiger partial charge in [-0.1, -0.05) is 31.0 Å². The summed E-state index contributed by atoms with van der Waals surface area (Å²) in [4.78, 5) is 27.1. The maximum absolute atomic E-state index is 13.0. The molecule has 2 amide bonds. The highest BCUT2D eigenvalue weighted by Gasteiger charge is 2.38. The number of nitrogens with one attached hydrogen (secondary N) is 1. The average Bonchev–Trinajstić information content (AvgIpc) is 2.69. The van der Waals surface area contributed by atoms with Crippen molar-refractivity contribution in [1.82, 2.24) is 10.2 Å². The molecule has 1 aliphatic heterocycles. The zero-order chi connectivity index (χ0) is 18.5. The van der Waals surface area contributed by atoms with E-state index in [9.17, 15) is 9.59 Å². The first-order valence-electron chi connectivity index (χ1n) is 9.83. The van der Waals surface area contributed by atoms with Crippen LogP contribution in [0.3, 0.4) is 0 Å². The number of para-hydroxylation sites is 1. The van der Waals surface area contributed by atoms with Crippen LogP contribution < -0.4 is 10.1 Å². The van der Waals surface area contributed by atoms with Gasteiger partial charge in [0.1, 0.15) is 11.9 Å². The van der Waals surface area contributed by atoms with Crippen LogP contribution in [-0.4, -0.2) is 43.0 Å². The van der Waals surface area contributed by atoms with Crippen molar-refractivity contribution < 1.29 is 14.3 Å². The number of nitrogens with zero attached hydrogens (tertiary/aromatic N) is 1. The number of hydrogen-bond acceptors (Lipinski definition) is 3. The number of piperidine rings is 1. The third kappa shape index (κ3) is 4.19. The van der Waals surface area contributed by atoms with Crippen LogP contribution in [0.1, 0.15) is 44.1 Å². The van der Waals surface area contributed by atoms with Gasteiger partial charge in [0, 0.05) is 44.8 Å². The van der Waals surface area contributed by atoms with E-state index in [-0.39, 0.29) is 29.8 Å². The van der Waals surface area contributed by atoms with Gasteiger partial charge in [0.15, 0.2) is 0 Å². The molecular weight excluding hydrogens is 328 g/mol. The van der Waals surface area contributed by atoms with Crippen molar-refractivity contribution in [3.05, 3.63) is 29.8 Å². The number of rotatable bonds is 4. The lowest BCUT2D eigenvalue weighted by molar-refractivity contribution is -0.145. The molecule has 0 unspecified atom stereocenters. The summed E-state index contributed by atoms with van der Waals surface area (Å²) in [5.41, 5.74) is 1.14. The van der Waals surface area contributed by atoms with E-state index in [1.165, 1.54) is 0 Å². The van der Waals surface area contributed by atoms with Gasteiger partial charge in [-0.2, -0.15) is 0 Å². The first-order chi connectivity index (χ1) is 12.6. The Hall–Kier alpha value is -2.04. The number of benzene rings is 1. The van der Waals surface area contributed by atoms with Crippen molar-refractivity contribution in [2.24, 2.45) is 11.8 Å². The Labute approximate surface area is 156 Å². The molecule has 1 aliphatic carbocycles. The van der Waals surface area contributed by atoms with E-state index >= 15 is 0 Å². The van der Waals surface area contributed by atoms with Gasteiger partial charge in [-0.15, -0.1) is 0 Å². The Bertz CT molecular complexity index is 638. The Kier molecular flexibility index (Phi) is 6.17. The summed E-state index contributed by atoms with van der Waals surface area (Å²) >= 11 is 0. The number of carbonyl (C=O) groups is 2. The number of hydrogen-bond donors (Lipinski definition) is 1. The van der Waals surface area contributed by atoms with Gasteiger partial charge in [0.2, 0.25) is 11.8 Å². The minimum atomic E-state index is -0.165. The number of carbonyl (C=O) groups excluding carboxylic acids is 2. The van der Waals surface area contributed by atoms with Gasteiger partial charge in [-0.25, -0.2) is 0 Å². The molecule has 2 atom stereocenters. The Morgan fingerprint density at radius 1 is 1.04 bits per heavy atom. The normalized spacial score (nSPS) is 24.2. The standard InChI is InChI=1S/C21H30N2O3/c1-15-7-3-6-10-19(15)26-16-11-13-23(14-12-16)21(25)18-9-5-4-8-17(18)20(24)22-2/h3,6-7,10,16-18H,4-5,8-9,11-14H2,1-2H3,(H,22,24)/t17-,18+/m0/s1. The molecule has 0 spiro atoms. The minimum Gasteiger partial charge on any atom is -0.490 e. The molecule has 3 rings (SSSR count). The van der Waals surface area contributed by atoms with Crippen LogP contribution in [0, 0.1) is 18.8 Å². The van der Waals surface area contributed by atoms with Crippen LogP contribution in [-0.2, 0) is 9.59 Å². The van der Waals surface area contributed by atoms with E-state index in [4.69, 9.17) is 4.74 Å². The first kappa shape index (κ1) is 18.7. The van der Waals surface area contributed by atoms with E-state index in [0.29, 0.717) is 13.1 Å². The minimum absolute atomic E-state index is 0.0147. The number of amides is 2. The molecule has 1 aromatic carbocycles. The summed E-state index contributed by atoms with van der Waals surface area (Å²) in [5.74, 6) is 0.789. The fourth-order valence-electron chi connectivity index (χ4n) is 4.22. The molecule has 1 saturated heterocycles. The van der Waals surface area contributed by atoms with Crippen molar-refractivity contribution in [2.75, 3.05) is 20.1 Å². The fraction of sp³-hybridized carbons (Fsp3) is 0.619. The van der Waals surface area contributed by atoms with Gasteiger partial charge in [0.25, 0.3) is 0 Å². The van der Waals surface area contributed by atoms with Crippen LogP contribution in [0.4, 0.5) is 0 Å². The topological polar surface area (TPSA) is 58.6 Å². The SMILES string of the molecule is CNC(=O)[C@H]1CCCC[C@H]1C(=O)N1CCC(Oc2ccccc2C)CC1. The second-order valence-corrected chi connectivity index (χ2v) is 7.52. The molecule has 26 heavy (non-hydrogen) atoms. The van der Waals surface area contributed by atoms with Gasteiger partial charge in [-0.3, -0.25) is 9.59 Å². The molecule has 5 nitrogen and oxygen atoms in total. The molecule has 2 fully saturated rings. The van der Waals surface area contributed by atoms with Crippen LogP contribution in [0.2, 0.25) is 0 Å². The molecule has 142 valence electrons. The molecule has 5 heteroatoms. The maximum atomic E-state index is 13.0. The largest absolute Gasteiger partial charge is 0.490 e. The maximum Gasteiger partial charge on any atom is 0.226 e. The van der Waals surface area contributed by atoms with Crippen LogP contribution >= 0.6 is 0 Å². The Balaban J connectivity index is 1.56. The average molecular weight is 358 g/mol. The third-order valence-corrected chi connectivity index (χ3v) is 5.81. The quantitative estimate of drug-likeness (QED) is 0.900. The molecule has 1 aromatic rings. The lowest BCUT2D eigenvalue weighted by Crippen LogP contribution is -2.48. The monoisotopic (exact) mass is 358 g/mol. The van der Waals surface area contributed by atoms with Gasteiger partial charge >= 0.3 is 0 Å². The van der Waals surface area contributed by atoms with E-state index < -0.39 is 0 Å². The van der Waals surface area contributed by atoms with E-state index in [2.05, 4.69) is 18.3 Å². The number of ether oxygens (including phenoxy) is 1. The lowest BCUT2D eigenvalue weighted by Gasteiger charge is -2.37. The second kappa shape index (κ2) is 8.56. The van der Waals surface area contributed by atoms with E-state index in [1.54, 1.807) is 7.05 Å². The summed E-state index contributed by atoms with van der Waals surface area (Å²) in [7, 11) is 1.66. The molecule has 0 radical (unpaired) electrons. The summed E-state index contributed by atoms with van der Waals surface area (Å²) in [6.45, 7) is 3.48. The van der Waals surface area contributed by atoms with Crippen molar-refractivity contribution >= 4 is 11.8 Å². The summed E-state index contributed by atoms with van der Waals surface area (Å²) in [5, 5.41) is 2.73. The summed E-state index contributed by atoms with van der Waals surface area (Å²) in [6, 6.07) is 8.05. The van der Waals surface area contributed by atoms with Crippen LogP contribution in [0.25, 0.3) is 0 Å². The molecule has 1 heterocycles. The smallest absolute Gasteiger partial charge is 0.226 e. The second-order valence-electron chi connectivity index (χ2n) is 7.52. The highest BCUT2D eigenvalue weighted by molar-refractivity contribution is 5.87. The Morgan fingerprint density at radius 3 is 2.35 bits per heavy atom. The van der Waals surface area contributed by atoms with Crippen molar-refractivity contribution in [2.45, 2.75) is 51.6 Å². The van der Waals surface area contributed by atoms with Crippen molar-refractivity contribution in [3.8, 4) is 5.75 Å². The molecule has 0 aromatic heterocycles. The van der Waals surface area contributed by atoms with Crippen molar-refractivity contribution in [1.29, 1.82) is 0 Å². The molecule has 2 aliphatic rings. The van der Waals surface area contributed by atoms with Gasteiger partial charge in [-0.05, 0) is 31.4 Å².